The summed E-state index contributed by atoms with van der Waals surface area (Å²) in [5, 5.41) is 4.88. The lowest BCUT2D eigenvalue weighted by Crippen LogP contribution is -2.10. The maximum absolute atomic E-state index is 2.42. The minimum atomic E-state index is 0.378. The Morgan fingerprint density at radius 2 is 0.797 bits per heavy atom. The average molecular weight is 819 g/mol. The van der Waals surface area contributed by atoms with Gasteiger partial charge in [-0.15, -0.1) is 0 Å². The molecule has 10 aromatic carbocycles. The summed E-state index contributed by atoms with van der Waals surface area (Å²) in [6.07, 6.45) is 8.01. The van der Waals surface area contributed by atoms with Gasteiger partial charge in [-0.1, -0.05) is 194 Å². The standard InChI is InChI=1S/C62H46N2/c1-3-13-45(14-4-1)48-25-34-56(35-26-48)63(58-38-31-51(32-39-58)54-22-11-21-53(43-54)46-15-5-2-6-16-46)57-36-27-49(28-37-57)50-29-40-59(41-30-50)64(60-42-33-47-17-7-8-19-55(47)44-60)62-24-12-20-52-18-9-10-23-61(52)62/h1-20,22-44,53H,21H2. The van der Waals surface area contributed by atoms with Crippen molar-refractivity contribution in [3.8, 4) is 22.3 Å². The van der Waals surface area contributed by atoms with Crippen molar-refractivity contribution in [3.05, 3.63) is 272 Å². The minimum absolute atomic E-state index is 0.378. The van der Waals surface area contributed by atoms with Gasteiger partial charge < -0.3 is 9.80 Å². The molecule has 1 aliphatic carbocycles. The van der Waals surface area contributed by atoms with Gasteiger partial charge in [0.15, 0.2) is 0 Å². The Bertz CT molecular complexity index is 3250. The quantitative estimate of drug-likeness (QED) is 0.136. The van der Waals surface area contributed by atoms with Crippen molar-refractivity contribution in [2.75, 3.05) is 9.80 Å². The van der Waals surface area contributed by atoms with Crippen LogP contribution in [0.2, 0.25) is 0 Å². The van der Waals surface area contributed by atoms with Crippen molar-refractivity contribution >= 4 is 61.2 Å². The van der Waals surface area contributed by atoms with E-state index in [1.54, 1.807) is 0 Å². The normalized spacial score (nSPS) is 13.4. The zero-order valence-electron chi connectivity index (χ0n) is 35.5. The Morgan fingerprint density at radius 3 is 1.42 bits per heavy atom. The predicted octanol–water partition coefficient (Wildman–Crippen LogP) is 17.4. The van der Waals surface area contributed by atoms with E-state index in [-0.39, 0.29) is 0 Å². The Hall–Kier alpha value is -8.20. The van der Waals surface area contributed by atoms with Crippen LogP contribution in [0.3, 0.4) is 0 Å². The van der Waals surface area contributed by atoms with Crippen LogP contribution in [0.5, 0.6) is 0 Å². The summed E-state index contributed by atoms with van der Waals surface area (Å²) in [5.41, 5.74) is 15.3. The fourth-order valence-corrected chi connectivity index (χ4v) is 9.24. The number of allylic oxidation sites excluding steroid dienone is 4. The predicted molar refractivity (Wildman–Crippen MR) is 273 cm³/mol. The molecule has 0 heterocycles. The van der Waals surface area contributed by atoms with Crippen molar-refractivity contribution in [2.24, 2.45) is 0 Å². The summed E-state index contributed by atoms with van der Waals surface area (Å²) >= 11 is 0. The molecule has 0 aromatic heterocycles. The van der Waals surface area contributed by atoms with Gasteiger partial charge in [0.25, 0.3) is 0 Å². The molecule has 0 radical (unpaired) electrons. The molecule has 0 aliphatic heterocycles. The molecule has 0 saturated heterocycles. The molecule has 1 aliphatic rings. The van der Waals surface area contributed by atoms with Crippen LogP contribution in [-0.2, 0) is 0 Å². The van der Waals surface area contributed by atoms with E-state index in [0.717, 1.165) is 51.7 Å². The van der Waals surface area contributed by atoms with Gasteiger partial charge in [-0.3, -0.25) is 0 Å². The van der Waals surface area contributed by atoms with E-state index >= 15 is 0 Å². The van der Waals surface area contributed by atoms with Gasteiger partial charge in [0.2, 0.25) is 0 Å². The van der Waals surface area contributed by atoms with Gasteiger partial charge in [0.05, 0.1) is 5.69 Å². The average Bonchev–Trinajstić information content (AvgIpc) is 3.38. The van der Waals surface area contributed by atoms with Crippen molar-refractivity contribution < 1.29 is 0 Å². The van der Waals surface area contributed by atoms with Crippen LogP contribution < -0.4 is 9.80 Å². The molecular formula is C62H46N2. The molecule has 11 rings (SSSR count). The van der Waals surface area contributed by atoms with Crippen LogP contribution >= 0.6 is 0 Å². The van der Waals surface area contributed by atoms with Gasteiger partial charge in [-0.2, -0.15) is 0 Å². The number of fused-ring (bicyclic) bond motifs is 2. The Kier molecular flexibility index (Phi) is 10.5. The Labute approximate surface area is 376 Å². The maximum Gasteiger partial charge on any atom is 0.0540 e. The van der Waals surface area contributed by atoms with Crippen LogP contribution in [0.1, 0.15) is 23.5 Å². The molecule has 2 heteroatoms. The number of hydrogen-bond donors (Lipinski definition) is 0. The van der Waals surface area contributed by atoms with Gasteiger partial charge in [-0.05, 0) is 128 Å². The van der Waals surface area contributed by atoms with Gasteiger partial charge in [0.1, 0.15) is 0 Å². The third-order valence-corrected chi connectivity index (χ3v) is 12.6. The molecule has 2 nitrogen and oxygen atoms in total. The van der Waals surface area contributed by atoms with E-state index in [0.29, 0.717) is 5.92 Å². The van der Waals surface area contributed by atoms with E-state index < -0.39 is 0 Å². The summed E-state index contributed by atoms with van der Waals surface area (Å²) in [7, 11) is 0. The zero-order chi connectivity index (χ0) is 42.7. The first-order chi connectivity index (χ1) is 31.7. The second-order valence-corrected chi connectivity index (χ2v) is 16.5. The molecule has 0 saturated carbocycles. The molecule has 0 amide bonds. The molecule has 304 valence electrons. The molecule has 10 aromatic rings. The number of benzene rings is 10. The first-order valence-electron chi connectivity index (χ1n) is 22.2. The first-order valence-corrected chi connectivity index (χ1v) is 22.2. The summed E-state index contributed by atoms with van der Waals surface area (Å²) in [4.78, 5) is 4.74. The second kappa shape index (κ2) is 17.3. The Balaban J connectivity index is 0.922. The highest BCUT2D eigenvalue weighted by molar-refractivity contribution is 6.00. The lowest BCUT2D eigenvalue weighted by atomic mass is 9.87. The fourth-order valence-electron chi connectivity index (χ4n) is 9.24. The number of hydrogen-bond acceptors (Lipinski definition) is 2. The third-order valence-electron chi connectivity index (χ3n) is 12.6. The van der Waals surface area contributed by atoms with Crippen LogP contribution in [-0.4, -0.2) is 0 Å². The first kappa shape index (κ1) is 38.7. The highest BCUT2D eigenvalue weighted by Gasteiger charge is 2.18. The maximum atomic E-state index is 2.42. The molecule has 0 bridgehead atoms. The monoisotopic (exact) mass is 818 g/mol. The molecule has 1 unspecified atom stereocenters. The van der Waals surface area contributed by atoms with Crippen LogP contribution in [0.4, 0.5) is 34.1 Å². The molecule has 64 heavy (non-hydrogen) atoms. The SMILES string of the molecule is C1=CC(c2ccc(N(c3ccc(-c4ccccc4)cc3)c3ccc(-c4ccc(N(c5ccc6ccccc6c5)c5cccc6ccccc56)cc4)cc3)cc2)=CC(c2ccccc2)C1. The van der Waals surface area contributed by atoms with Gasteiger partial charge >= 0.3 is 0 Å². The lowest BCUT2D eigenvalue weighted by Gasteiger charge is -2.27. The summed E-state index contributed by atoms with van der Waals surface area (Å²) in [5.74, 6) is 0.378. The van der Waals surface area contributed by atoms with Crippen LogP contribution in [0, 0.1) is 0 Å². The van der Waals surface area contributed by atoms with Crippen molar-refractivity contribution in [1.29, 1.82) is 0 Å². The van der Waals surface area contributed by atoms with E-state index in [4.69, 9.17) is 0 Å². The van der Waals surface area contributed by atoms with E-state index in [9.17, 15) is 0 Å². The number of nitrogens with zero attached hydrogens (tertiary/aromatic N) is 2. The van der Waals surface area contributed by atoms with Crippen molar-refractivity contribution in [3.63, 3.8) is 0 Å². The summed E-state index contributed by atoms with van der Waals surface area (Å²) in [6, 6.07) is 87.9. The molecular weight excluding hydrogens is 773 g/mol. The van der Waals surface area contributed by atoms with Gasteiger partial charge in [0, 0.05) is 39.7 Å². The van der Waals surface area contributed by atoms with Crippen LogP contribution in [0.15, 0.2) is 261 Å². The largest absolute Gasteiger partial charge is 0.311 e. The smallest absolute Gasteiger partial charge is 0.0540 e. The lowest BCUT2D eigenvalue weighted by molar-refractivity contribution is 0.857. The van der Waals surface area contributed by atoms with Crippen molar-refractivity contribution in [2.45, 2.75) is 12.3 Å². The van der Waals surface area contributed by atoms with Crippen LogP contribution in [0.25, 0.3) is 49.4 Å². The summed E-state index contributed by atoms with van der Waals surface area (Å²) < 4.78 is 0. The molecule has 1 atom stereocenters. The minimum Gasteiger partial charge on any atom is -0.311 e. The topological polar surface area (TPSA) is 6.48 Å². The van der Waals surface area contributed by atoms with E-state index in [1.807, 2.05) is 0 Å². The van der Waals surface area contributed by atoms with Gasteiger partial charge in [-0.25, -0.2) is 0 Å². The number of anilines is 6. The van der Waals surface area contributed by atoms with Crippen molar-refractivity contribution in [1.82, 2.24) is 0 Å². The number of rotatable bonds is 10. The highest BCUT2D eigenvalue weighted by Crippen LogP contribution is 2.42. The second-order valence-electron chi connectivity index (χ2n) is 16.5. The highest BCUT2D eigenvalue weighted by atomic mass is 15.1. The van der Waals surface area contributed by atoms with E-state index in [1.165, 1.54) is 49.4 Å². The molecule has 0 fully saturated rings. The fraction of sp³-hybridized carbons (Fsp3) is 0.0323. The third kappa shape index (κ3) is 7.79. The summed E-state index contributed by atoms with van der Waals surface area (Å²) in [6.45, 7) is 0. The molecule has 0 spiro atoms. The van der Waals surface area contributed by atoms with E-state index in [2.05, 4.69) is 271 Å². The molecule has 0 N–H and O–H groups in total. The zero-order valence-corrected chi connectivity index (χ0v) is 35.5. The Morgan fingerprint density at radius 1 is 0.328 bits per heavy atom.